The molecular formula is C25H28ClN5O4S. The standard InChI is InChI=1S/C25H28ClN5O4S/c1-16-6-3-7-17(2)24(16)21-13-23(30-25(26)29-21)35-19-9-5-11-31(14-19)15-22(32)28-18-8-4-10-20(12-18)36(27,33)34/h3-4,6-8,10,12-13,19H,5,9,11,14-15H2,1-2H3,(H,28,32)(H2,27,33,34). The number of hydrogen-bond donors (Lipinski definition) is 2. The Labute approximate surface area is 215 Å². The summed E-state index contributed by atoms with van der Waals surface area (Å²) in [5.41, 5.74) is 4.24. The van der Waals surface area contributed by atoms with Crippen molar-refractivity contribution in [3.63, 3.8) is 0 Å². The molecule has 0 bridgehead atoms. The maximum Gasteiger partial charge on any atom is 0.238 e. The number of nitrogens with zero attached hydrogens (tertiary/aromatic N) is 3. The van der Waals surface area contributed by atoms with Crippen molar-refractivity contribution in [3.8, 4) is 17.1 Å². The molecule has 1 amide bonds. The van der Waals surface area contributed by atoms with Gasteiger partial charge in [-0.2, -0.15) is 4.98 Å². The number of amides is 1. The minimum absolute atomic E-state index is 0.0597. The molecule has 3 aromatic rings. The Morgan fingerprint density at radius 1 is 1.17 bits per heavy atom. The van der Waals surface area contributed by atoms with E-state index in [9.17, 15) is 13.2 Å². The van der Waals surface area contributed by atoms with Gasteiger partial charge in [0.1, 0.15) is 6.10 Å². The first-order valence-electron chi connectivity index (χ1n) is 11.5. The van der Waals surface area contributed by atoms with Crippen molar-refractivity contribution in [1.29, 1.82) is 0 Å². The van der Waals surface area contributed by atoms with Crippen molar-refractivity contribution in [2.24, 2.45) is 5.14 Å². The SMILES string of the molecule is Cc1cccc(C)c1-c1cc(OC2CCCN(CC(=O)Nc3cccc(S(N)(=O)=O)c3)C2)nc(Cl)n1. The number of sulfonamides is 1. The van der Waals surface area contributed by atoms with Crippen LogP contribution in [0.1, 0.15) is 24.0 Å². The summed E-state index contributed by atoms with van der Waals surface area (Å²) in [5.74, 6) is 0.133. The molecule has 9 nitrogen and oxygen atoms in total. The third-order valence-corrected chi connectivity index (χ3v) is 7.06. The summed E-state index contributed by atoms with van der Waals surface area (Å²) in [6, 6.07) is 13.7. The van der Waals surface area contributed by atoms with Crippen LogP contribution in [0, 0.1) is 13.8 Å². The molecule has 2 aromatic carbocycles. The molecule has 3 N–H and O–H groups in total. The van der Waals surface area contributed by atoms with Crippen LogP contribution in [0.4, 0.5) is 5.69 Å². The molecule has 1 aromatic heterocycles. The monoisotopic (exact) mass is 529 g/mol. The van der Waals surface area contributed by atoms with Crippen LogP contribution in [-0.2, 0) is 14.8 Å². The summed E-state index contributed by atoms with van der Waals surface area (Å²) in [6.45, 7) is 5.45. The van der Waals surface area contributed by atoms with E-state index >= 15 is 0 Å². The lowest BCUT2D eigenvalue weighted by Gasteiger charge is -2.32. The van der Waals surface area contributed by atoms with E-state index in [1.54, 1.807) is 12.1 Å². The summed E-state index contributed by atoms with van der Waals surface area (Å²) in [6.07, 6.45) is 1.49. The van der Waals surface area contributed by atoms with E-state index in [-0.39, 0.29) is 28.7 Å². The summed E-state index contributed by atoms with van der Waals surface area (Å²) in [4.78, 5) is 23.2. The average Bonchev–Trinajstić information content (AvgIpc) is 2.78. The quantitative estimate of drug-likeness (QED) is 0.448. The number of likely N-dealkylation sites (tertiary alicyclic amines) is 1. The van der Waals surface area contributed by atoms with E-state index in [2.05, 4.69) is 15.3 Å². The van der Waals surface area contributed by atoms with Gasteiger partial charge in [-0.25, -0.2) is 18.5 Å². The summed E-state index contributed by atoms with van der Waals surface area (Å²) < 4.78 is 29.3. The zero-order valence-corrected chi connectivity index (χ0v) is 21.6. The average molecular weight is 530 g/mol. The lowest BCUT2D eigenvalue weighted by molar-refractivity contribution is -0.117. The molecule has 1 aliphatic heterocycles. The van der Waals surface area contributed by atoms with Crippen LogP contribution in [0.2, 0.25) is 5.28 Å². The predicted octanol–water partition coefficient (Wildman–Crippen LogP) is 3.54. The second-order valence-electron chi connectivity index (χ2n) is 8.87. The summed E-state index contributed by atoms with van der Waals surface area (Å²) in [5, 5.41) is 8.01. The van der Waals surface area contributed by atoms with E-state index in [1.165, 1.54) is 18.2 Å². The van der Waals surface area contributed by atoms with Crippen LogP contribution in [0.15, 0.2) is 53.4 Å². The third-order valence-electron chi connectivity index (χ3n) is 5.98. The molecule has 0 spiro atoms. The Morgan fingerprint density at radius 2 is 1.89 bits per heavy atom. The topological polar surface area (TPSA) is 128 Å². The zero-order valence-electron chi connectivity index (χ0n) is 20.1. The molecule has 1 unspecified atom stereocenters. The van der Waals surface area contributed by atoms with Crippen LogP contribution in [0.25, 0.3) is 11.3 Å². The molecule has 0 radical (unpaired) electrons. The van der Waals surface area contributed by atoms with Crippen molar-refractivity contribution in [3.05, 3.63) is 64.9 Å². The van der Waals surface area contributed by atoms with Gasteiger partial charge in [-0.1, -0.05) is 24.3 Å². The fourth-order valence-corrected chi connectivity index (χ4v) is 5.12. The Balaban J connectivity index is 1.40. The first-order chi connectivity index (χ1) is 17.1. The molecular weight excluding hydrogens is 502 g/mol. The third kappa shape index (κ3) is 6.58. The molecule has 1 fully saturated rings. The van der Waals surface area contributed by atoms with Gasteiger partial charge in [0, 0.05) is 23.9 Å². The molecule has 1 aliphatic rings. The number of piperidine rings is 1. The van der Waals surface area contributed by atoms with Crippen LogP contribution >= 0.6 is 11.6 Å². The van der Waals surface area contributed by atoms with E-state index in [0.29, 0.717) is 23.8 Å². The van der Waals surface area contributed by atoms with Gasteiger partial charge in [0.2, 0.25) is 27.1 Å². The molecule has 0 aliphatic carbocycles. The number of hydrogen-bond acceptors (Lipinski definition) is 7. The van der Waals surface area contributed by atoms with Crippen molar-refractivity contribution >= 4 is 33.2 Å². The van der Waals surface area contributed by atoms with Gasteiger partial charge < -0.3 is 10.1 Å². The predicted molar refractivity (Wildman–Crippen MR) is 138 cm³/mol. The van der Waals surface area contributed by atoms with Crippen LogP contribution in [0.3, 0.4) is 0 Å². The van der Waals surface area contributed by atoms with Gasteiger partial charge in [-0.3, -0.25) is 9.69 Å². The normalized spacial score (nSPS) is 16.5. The lowest BCUT2D eigenvalue weighted by atomic mass is 10.00. The van der Waals surface area contributed by atoms with Crippen molar-refractivity contribution < 1.29 is 17.9 Å². The number of benzene rings is 2. The van der Waals surface area contributed by atoms with Gasteiger partial charge in [-0.15, -0.1) is 0 Å². The summed E-state index contributed by atoms with van der Waals surface area (Å²) >= 11 is 6.23. The van der Waals surface area contributed by atoms with E-state index in [1.807, 2.05) is 36.9 Å². The Bertz CT molecular complexity index is 1360. The highest BCUT2D eigenvalue weighted by Gasteiger charge is 2.24. The van der Waals surface area contributed by atoms with Gasteiger partial charge in [-0.05, 0) is 74.2 Å². The smallest absolute Gasteiger partial charge is 0.238 e. The highest BCUT2D eigenvalue weighted by Crippen LogP contribution is 2.29. The number of aryl methyl sites for hydroxylation is 2. The number of primary sulfonamides is 1. The van der Waals surface area contributed by atoms with E-state index < -0.39 is 10.0 Å². The Morgan fingerprint density at radius 3 is 2.61 bits per heavy atom. The molecule has 36 heavy (non-hydrogen) atoms. The highest BCUT2D eigenvalue weighted by atomic mass is 35.5. The number of rotatable bonds is 7. The van der Waals surface area contributed by atoms with Crippen molar-refractivity contribution in [2.75, 3.05) is 25.0 Å². The second-order valence-corrected chi connectivity index (χ2v) is 10.8. The number of nitrogens with one attached hydrogen (secondary N) is 1. The largest absolute Gasteiger partial charge is 0.473 e. The minimum Gasteiger partial charge on any atom is -0.473 e. The second kappa shape index (κ2) is 10.9. The number of carbonyl (C=O) groups excluding carboxylic acids is 1. The van der Waals surface area contributed by atoms with Gasteiger partial charge in [0.15, 0.2) is 0 Å². The minimum atomic E-state index is -3.85. The first-order valence-corrected chi connectivity index (χ1v) is 13.4. The Kier molecular flexibility index (Phi) is 7.89. The van der Waals surface area contributed by atoms with E-state index in [0.717, 1.165) is 36.1 Å². The number of anilines is 1. The van der Waals surface area contributed by atoms with Crippen molar-refractivity contribution in [1.82, 2.24) is 14.9 Å². The molecule has 190 valence electrons. The number of aromatic nitrogens is 2. The van der Waals surface area contributed by atoms with E-state index in [4.69, 9.17) is 21.5 Å². The molecule has 1 saturated heterocycles. The fraction of sp³-hybridized carbons (Fsp3) is 0.320. The van der Waals surface area contributed by atoms with Gasteiger partial charge in [0.25, 0.3) is 0 Å². The highest BCUT2D eigenvalue weighted by molar-refractivity contribution is 7.89. The number of carbonyl (C=O) groups is 1. The molecule has 4 rings (SSSR count). The lowest BCUT2D eigenvalue weighted by Crippen LogP contribution is -2.44. The Hall–Kier alpha value is -3.05. The van der Waals surface area contributed by atoms with Gasteiger partial charge in [0.05, 0.1) is 17.1 Å². The number of ether oxygens (including phenoxy) is 1. The fourth-order valence-electron chi connectivity index (χ4n) is 4.38. The molecule has 2 heterocycles. The zero-order chi connectivity index (χ0) is 25.9. The van der Waals surface area contributed by atoms with Crippen LogP contribution in [-0.4, -0.2) is 54.9 Å². The van der Waals surface area contributed by atoms with Crippen molar-refractivity contribution in [2.45, 2.75) is 37.7 Å². The van der Waals surface area contributed by atoms with Crippen LogP contribution in [0.5, 0.6) is 5.88 Å². The maximum atomic E-state index is 12.6. The first kappa shape index (κ1) is 26.0. The maximum absolute atomic E-state index is 12.6. The summed E-state index contributed by atoms with van der Waals surface area (Å²) in [7, 11) is -3.85. The molecule has 1 atom stereocenters. The number of halogens is 1. The van der Waals surface area contributed by atoms with Crippen LogP contribution < -0.4 is 15.2 Å². The van der Waals surface area contributed by atoms with Gasteiger partial charge >= 0.3 is 0 Å². The molecule has 0 saturated carbocycles. The number of nitrogens with two attached hydrogens (primary N) is 1. The molecule has 11 heteroatoms.